The number of ether oxygens (including phenoxy) is 2. The highest BCUT2D eigenvalue weighted by atomic mass is 16.7. The second-order valence-electron chi connectivity index (χ2n) is 19.6. The Labute approximate surface area is 409 Å². The number of unbranched alkanes of at least 4 members (excludes halogenated alkanes) is 29. The van der Waals surface area contributed by atoms with Gasteiger partial charge in [-0.2, -0.15) is 0 Å². The summed E-state index contributed by atoms with van der Waals surface area (Å²) >= 11 is 0. The van der Waals surface area contributed by atoms with Crippen molar-refractivity contribution in [3.63, 3.8) is 0 Å². The van der Waals surface area contributed by atoms with Crippen LogP contribution in [0, 0.1) is 0 Å². The Kier molecular flexibility index (Phi) is 43.0. The largest absolute Gasteiger partial charge is 0.394 e. The average Bonchev–Trinajstić information content (AvgIpc) is 3.33. The van der Waals surface area contributed by atoms with Crippen LogP contribution in [0.2, 0.25) is 0 Å². The SMILES string of the molecule is CCC/C=C/CC/C=C/CC/C=C/CCCC(O)C(O)C(COC1OC(CO)C(O)C(O)C1O)NC(=O)C(O)CCCCCCCCCCCCCCCCCCCCCCCCCCCC. The maximum absolute atomic E-state index is 13.1. The molecule has 0 radical (unpaired) electrons. The molecule has 0 aromatic carbocycles. The number of aliphatic hydroxyl groups is 7. The highest BCUT2D eigenvalue weighted by Crippen LogP contribution is 2.23. The van der Waals surface area contributed by atoms with E-state index in [0.717, 1.165) is 51.4 Å². The highest BCUT2D eigenvalue weighted by Gasteiger charge is 2.44. The fourth-order valence-electron chi connectivity index (χ4n) is 8.84. The lowest BCUT2D eigenvalue weighted by Gasteiger charge is -2.40. The molecule has 1 amide bonds. The molecular weight excluding hydrogens is 847 g/mol. The molecule has 11 heteroatoms. The molecule has 1 heterocycles. The Morgan fingerprint density at radius 2 is 0.910 bits per heavy atom. The second kappa shape index (κ2) is 45.5. The molecule has 0 aromatic rings. The van der Waals surface area contributed by atoms with Gasteiger partial charge in [0.05, 0.1) is 25.4 Å². The van der Waals surface area contributed by atoms with E-state index in [0.29, 0.717) is 19.3 Å². The van der Waals surface area contributed by atoms with E-state index in [9.17, 15) is 40.5 Å². The number of hydrogen-bond donors (Lipinski definition) is 8. The Morgan fingerprint density at radius 1 is 0.507 bits per heavy atom. The Balaban J connectivity index is 2.29. The fourth-order valence-corrected chi connectivity index (χ4v) is 8.84. The van der Waals surface area contributed by atoms with Crippen LogP contribution in [0.3, 0.4) is 0 Å². The average molecular weight is 952 g/mol. The molecule has 0 aliphatic carbocycles. The second-order valence-corrected chi connectivity index (χ2v) is 19.6. The van der Waals surface area contributed by atoms with Gasteiger partial charge in [-0.05, 0) is 57.8 Å². The van der Waals surface area contributed by atoms with Crippen molar-refractivity contribution in [2.45, 2.75) is 300 Å². The molecule has 9 unspecified atom stereocenters. The molecule has 1 aliphatic heterocycles. The summed E-state index contributed by atoms with van der Waals surface area (Å²) in [5.74, 6) is -0.710. The van der Waals surface area contributed by atoms with Crippen molar-refractivity contribution in [1.82, 2.24) is 5.32 Å². The minimum absolute atomic E-state index is 0.242. The topological polar surface area (TPSA) is 189 Å². The molecular formula is C56H105NO10. The molecule has 0 bridgehead atoms. The van der Waals surface area contributed by atoms with Gasteiger partial charge in [0.25, 0.3) is 0 Å². The molecule has 9 atom stereocenters. The van der Waals surface area contributed by atoms with Crippen molar-refractivity contribution in [2.24, 2.45) is 0 Å². The summed E-state index contributed by atoms with van der Waals surface area (Å²) in [6, 6.07) is -1.19. The van der Waals surface area contributed by atoms with Crippen LogP contribution >= 0.6 is 0 Å². The van der Waals surface area contributed by atoms with Crippen LogP contribution in [-0.2, 0) is 14.3 Å². The van der Waals surface area contributed by atoms with E-state index in [-0.39, 0.29) is 12.8 Å². The van der Waals surface area contributed by atoms with E-state index in [1.165, 1.54) is 148 Å². The van der Waals surface area contributed by atoms with Gasteiger partial charge in [0.2, 0.25) is 5.91 Å². The Bertz CT molecular complexity index is 1180. The molecule has 1 aliphatic rings. The van der Waals surface area contributed by atoms with Crippen molar-refractivity contribution in [1.29, 1.82) is 0 Å². The first kappa shape index (κ1) is 63.3. The summed E-state index contributed by atoms with van der Waals surface area (Å²) in [6.45, 7) is 3.38. The fraction of sp³-hybridized carbons (Fsp3) is 0.875. The number of carbonyl (C=O) groups excluding carboxylic acids is 1. The lowest BCUT2D eigenvalue weighted by Crippen LogP contribution is -2.60. The van der Waals surface area contributed by atoms with Gasteiger partial charge in [-0.1, -0.05) is 224 Å². The number of hydrogen-bond acceptors (Lipinski definition) is 10. The molecule has 0 saturated carbocycles. The van der Waals surface area contributed by atoms with Crippen LogP contribution in [0.5, 0.6) is 0 Å². The third kappa shape index (κ3) is 34.3. The zero-order chi connectivity index (χ0) is 49.0. The molecule has 1 fully saturated rings. The number of aliphatic hydroxyl groups excluding tert-OH is 7. The summed E-state index contributed by atoms with van der Waals surface area (Å²) in [6.07, 6.45) is 43.5. The molecule has 8 N–H and O–H groups in total. The van der Waals surface area contributed by atoms with Crippen LogP contribution in [0.1, 0.15) is 245 Å². The van der Waals surface area contributed by atoms with Gasteiger partial charge >= 0.3 is 0 Å². The van der Waals surface area contributed by atoms with Gasteiger partial charge in [0.1, 0.15) is 36.6 Å². The summed E-state index contributed by atoms with van der Waals surface area (Å²) in [7, 11) is 0. The predicted molar refractivity (Wildman–Crippen MR) is 275 cm³/mol. The lowest BCUT2D eigenvalue weighted by molar-refractivity contribution is -0.303. The zero-order valence-corrected chi connectivity index (χ0v) is 42.9. The number of rotatable bonds is 47. The summed E-state index contributed by atoms with van der Waals surface area (Å²) in [5.41, 5.74) is 0. The van der Waals surface area contributed by atoms with Gasteiger partial charge in [0.15, 0.2) is 6.29 Å². The maximum Gasteiger partial charge on any atom is 0.249 e. The molecule has 11 nitrogen and oxygen atoms in total. The van der Waals surface area contributed by atoms with Crippen molar-refractivity contribution >= 4 is 5.91 Å². The third-order valence-corrected chi connectivity index (χ3v) is 13.4. The number of carbonyl (C=O) groups is 1. The molecule has 0 spiro atoms. The smallest absolute Gasteiger partial charge is 0.249 e. The van der Waals surface area contributed by atoms with E-state index in [1.807, 2.05) is 0 Å². The monoisotopic (exact) mass is 952 g/mol. The minimum Gasteiger partial charge on any atom is -0.394 e. The molecule has 394 valence electrons. The van der Waals surface area contributed by atoms with Crippen molar-refractivity contribution in [2.75, 3.05) is 13.2 Å². The Hall–Kier alpha value is -1.67. The van der Waals surface area contributed by atoms with E-state index in [1.54, 1.807) is 0 Å². The van der Waals surface area contributed by atoms with Crippen LogP contribution < -0.4 is 5.32 Å². The lowest BCUT2D eigenvalue weighted by atomic mass is 9.98. The first-order valence-corrected chi connectivity index (χ1v) is 27.9. The van der Waals surface area contributed by atoms with E-state index < -0.39 is 74.2 Å². The summed E-state index contributed by atoms with van der Waals surface area (Å²) < 4.78 is 11.1. The van der Waals surface area contributed by atoms with Gasteiger partial charge < -0.3 is 50.5 Å². The van der Waals surface area contributed by atoms with Crippen molar-refractivity contribution in [3.05, 3.63) is 36.5 Å². The molecule has 67 heavy (non-hydrogen) atoms. The van der Waals surface area contributed by atoms with Crippen LogP contribution in [-0.4, -0.2) is 110 Å². The quantitative estimate of drug-likeness (QED) is 0.0215. The van der Waals surface area contributed by atoms with Crippen LogP contribution in [0.4, 0.5) is 0 Å². The van der Waals surface area contributed by atoms with Gasteiger partial charge in [-0.3, -0.25) is 4.79 Å². The Morgan fingerprint density at radius 3 is 1.33 bits per heavy atom. The van der Waals surface area contributed by atoms with Gasteiger partial charge in [-0.25, -0.2) is 0 Å². The van der Waals surface area contributed by atoms with Crippen LogP contribution in [0.15, 0.2) is 36.5 Å². The molecule has 1 rings (SSSR count). The first-order chi connectivity index (χ1) is 32.7. The van der Waals surface area contributed by atoms with Crippen molar-refractivity contribution < 1.29 is 50.0 Å². The van der Waals surface area contributed by atoms with E-state index in [4.69, 9.17) is 9.47 Å². The highest BCUT2D eigenvalue weighted by molar-refractivity contribution is 5.80. The minimum atomic E-state index is -1.67. The summed E-state index contributed by atoms with van der Waals surface area (Å²) in [4.78, 5) is 13.1. The standard InChI is InChI=1S/C56H105NO10/c1-3-5-7-9-11-13-15-17-19-20-21-22-23-24-25-26-27-28-29-30-32-34-36-38-40-42-44-49(60)55(65)57-47(46-66-56-54(64)53(63)52(62)50(45-58)67-56)51(61)48(59)43-41-39-37-35-33-31-18-16-14-12-10-8-6-4-2/h8,10,16,18,35,37,47-54,56,58-64H,3-7,9,11-15,17,19-34,36,38-46H2,1-2H3,(H,57,65)/b10-8+,18-16+,37-35+. The number of allylic oxidation sites excluding steroid dienone is 6. The van der Waals surface area contributed by atoms with Gasteiger partial charge in [-0.15, -0.1) is 0 Å². The summed E-state index contributed by atoms with van der Waals surface area (Å²) in [5, 5.41) is 75.9. The normalized spacial score (nSPS) is 20.9. The van der Waals surface area contributed by atoms with Gasteiger partial charge in [0, 0.05) is 0 Å². The predicted octanol–water partition coefficient (Wildman–Crippen LogP) is 11.1. The van der Waals surface area contributed by atoms with E-state index in [2.05, 4.69) is 55.6 Å². The zero-order valence-electron chi connectivity index (χ0n) is 42.9. The van der Waals surface area contributed by atoms with E-state index >= 15 is 0 Å². The van der Waals surface area contributed by atoms with Crippen LogP contribution in [0.25, 0.3) is 0 Å². The molecule has 1 saturated heterocycles. The number of amides is 1. The van der Waals surface area contributed by atoms with Crippen molar-refractivity contribution in [3.8, 4) is 0 Å². The number of nitrogens with one attached hydrogen (secondary N) is 1. The maximum atomic E-state index is 13.1. The molecule has 0 aromatic heterocycles. The first-order valence-electron chi connectivity index (χ1n) is 27.9. The third-order valence-electron chi connectivity index (χ3n) is 13.4.